The molecule has 0 spiro atoms. The normalized spacial score (nSPS) is 27.6. The minimum absolute atomic E-state index is 0.221. The zero-order chi connectivity index (χ0) is 12.0. The summed E-state index contributed by atoms with van der Waals surface area (Å²) in [6.45, 7) is 3.88. The zero-order valence-corrected chi connectivity index (χ0v) is 10.8. The molecule has 0 aromatic rings. The summed E-state index contributed by atoms with van der Waals surface area (Å²) in [4.78, 5) is 14.7. The van der Waals surface area contributed by atoms with Gasteiger partial charge >= 0.3 is 0 Å². The van der Waals surface area contributed by atoms with Crippen molar-refractivity contribution < 1.29 is 4.79 Å². The Kier molecular flexibility index (Phi) is 2.69. The van der Waals surface area contributed by atoms with Gasteiger partial charge in [0.25, 0.3) is 0 Å². The molecule has 17 heavy (non-hydrogen) atoms. The summed E-state index contributed by atoms with van der Waals surface area (Å²) in [5, 5.41) is 0. The minimum atomic E-state index is -0.593. The second-order valence-electron chi connectivity index (χ2n) is 6.65. The molecule has 1 amide bonds. The van der Waals surface area contributed by atoms with E-state index in [1.807, 2.05) is 6.92 Å². The molecule has 3 rings (SSSR count). The zero-order valence-electron chi connectivity index (χ0n) is 10.8. The van der Waals surface area contributed by atoms with Gasteiger partial charge in [0.2, 0.25) is 5.91 Å². The maximum absolute atomic E-state index is 12.6. The van der Waals surface area contributed by atoms with Gasteiger partial charge in [0.1, 0.15) is 0 Å². The summed E-state index contributed by atoms with van der Waals surface area (Å²) >= 11 is 0. The second kappa shape index (κ2) is 3.98. The number of carbonyl (C=O) groups is 1. The molecule has 3 nitrogen and oxygen atoms in total. The lowest BCUT2D eigenvalue weighted by molar-refractivity contribution is -0.137. The van der Waals surface area contributed by atoms with E-state index in [-0.39, 0.29) is 5.91 Å². The Hall–Kier alpha value is -0.570. The molecule has 3 saturated carbocycles. The molecule has 0 aromatic heterocycles. The highest BCUT2D eigenvalue weighted by Gasteiger charge is 2.47. The Morgan fingerprint density at radius 3 is 1.94 bits per heavy atom. The third kappa shape index (κ3) is 2.65. The Bertz CT molecular complexity index is 300. The Morgan fingerprint density at radius 1 is 1.12 bits per heavy atom. The molecular weight excluding hydrogens is 212 g/mol. The average Bonchev–Trinajstić information content (AvgIpc) is 3.15. The largest absolute Gasteiger partial charge is 0.341 e. The summed E-state index contributed by atoms with van der Waals surface area (Å²) in [6, 6.07) is 0. The second-order valence-corrected chi connectivity index (χ2v) is 6.65. The summed E-state index contributed by atoms with van der Waals surface area (Å²) in [5.41, 5.74) is 5.67. The van der Waals surface area contributed by atoms with Crippen LogP contribution in [0.3, 0.4) is 0 Å². The molecule has 2 N–H and O–H groups in total. The topological polar surface area (TPSA) is 46.3 Å². The predicted octanol–water partition coefficient (Wildman–Crippen LogP) is 1.76. The van der Waals surface area contributed by atoms with Crippen molar-refractivity contribution in [3.05, 3.63) is 0 Å². The standard InChI is InChI=1S/C14H24N2O/c1-14(15,12-6-7-12)13(17)16(8-10-2-3-10)9-11-4-5-11/h10-12H,2-9,15H2,1H3. The first-order valence-electron chi connectivity index (χ1n) is 7.15. The van der Waals surface area contributed by atoms with Gasteiger partial charge < -0.3 is 10.6 Å². The Morgan fingerprint density at radius 2 is 1.59 bits per heavy atom. The molecule has 3 heteroatoms. The fourth-order valence-corrected chi connectivity index (χ4v) is 2.66. The first-order chi connectivity index (χ1) is 8.07. The molecule has 96 valence electrons. The fraction of sp³-hybridized carbons (Fsp3) is 0.929. The van der Waals surface area contributed by atoms with Gasteiger partial charge in [-0.15, -0.1) is 0 Å². The van der Waals surface area contributed by atoms with Crippen LogP contribution in [0.15, 0.2) is 0 Å². The van der Waals surface area contributed by atoms with Crippen molar-refractivity contribution in [2.75, 3.05) is 13.1 Å². The lowest BCUT2D eigenvalue weighted by Crippen LogP contribution is -2.55. The smallest absolute Gasteiger partial charge is 0.242 e. The summed E-state index contributed by atoms with van der Waals surface area (Å²) in [6.07, 6.45) is 7.50. The highest BCUT2D eigenvalue weighted by molar-refractivity contribution is 5.86. The van der Waals surface area contributed by atoms with E-state index >= 15 is 0 Å². The van der Waals surface area contributed by atoms with Crippen LogP contribution in [0.1, 0.15) is 45.4 Å². The van der Waals surface area contributed by atoms with Crippen molar-refractivity contribution in [2.45, 2.75) is 51.0 Å². The van der Waals surface area contributed by atoms with Crippen molar-refractivity contribution >= 4 is 5.91 Å². The Balaban J connectivity index is 1.64. The highest BCUT2D eigenvalue weighted by Crippen LogP contribution is 2.40. The van der Waals surface area contributed by atoms with Crippen LogP contribution in [0.5, 0.6) is 0 Å². The minimum Gasteiger partial charge on any atom is -0.341 e. The van der Waals surface area contributed by atoms with E-state index in [0.29, 0.717) is 5.92 Å². The number of rotatable bonds is 6. The first kappa shape index (κ1) is 11.5. The molecule has 0 bridgehead atoms. The van der Waals surface area contributed by atoms with Gasteiger partial charge in [0, 0.05) is 13.1 Å². The third-order valence-corrected chi connectivity index (χ3v) is 4.52. The number of hydrogen-bond donors (Lipinski definition) is 1. The van der Waals surface area contributed by atoms with Gasteiger partial charge in [-0.1, -0.05) is 0 Å². The van der Waals surface area contributed by atoms with Crippen LogP contribution < -0.4 is 5.73 Å². The number of carbonyl (C=O) groups excluding carboxylic acids is 1. The van der Waals surface area contributed by atoms with E-state index in [9.17, 15) is 4.79 Å². The molecule has 0 heterocycles. The molecule has 0 saturated heterocycles. The van der Waals surface area contributed by atoms with Crippen molar-refractivity contribution in [3.8, 4) is 0 Å². The van der Waals surface area contributed by atoms with Crippen molar-refractivity contribution in [1.29, 1.82) is 0 Å². The van der Waals surface area contributed by atoms with Gasteiger partial charge in [-0.05, 0) is 63.2 Å². The molecule has 3 aliphatic rings. The Labute approximate surface area is 104 Å². The molecule has 0 aromatic carbocycles. The lowest BCUT2D eigenvalue weighted by Gasteiger charge is -2.32. The molecule has 0 radical (unpaired) electrons. The van der Waals surface area contributed by atoms with E-state index in [1.165, 1.54) is 25.7 Å². The van der Waals surface area contributed by atoms with Crippen LogP contribution in [-0.2, 0) is 4.79 Å². The third-order valence-electron chi connectivity index (χ3n) is 4.52. The summed E-state index contributed by atoms with van der Waals surface area (Å²) in [5.74, 6) is 2.20. The molecule has 1 unspecified atom stereocenters. The monoisotopic (exact) mass is 236 g/mol. The van der Waals surface area contributed by atoms with E-state index in [4.69, 9.17) is 5.73 Å². The van der Waals surface area contributed by atoms with E-state index in [1.54, 1.807) is 0 Å². The number of hydrogen-bond acceptors (Lipinski definition) is 2. The van der Waals surface area contributed by atoms with Crippen LogP contribution in [-0.4, -0.2) is 29.4 Å². The summed E-state index contributed by atoms with van der Waals surface area (Å²) in [7, 11) is 0. The SMILES string of the molecule is CC(N)(C(=O)N(CC1CC1)CC1CC1)C1CC1. The maximum Gasteiger partial charge on any atom is 0.242 e. The van der Waals surface area contributed by atoms with Gasteiger partial charge in [-0.2, -0.15) is 0 Å². The van der Waals surface area contributed by atoms with Gasteiger partial charge in [-0.3, -0.25) is 4.79 Å². The van der Waals surface area contributed by atoms with Crippen molar-refractivity contribution in [3.63, 3.8) is 0 Å². The van der Waals surface area contributed by atoms with Crippen LogP contribution in [0.2, 0.25) is 0 Å². The molecular formula is C14H24N2O. The fourth-order valence-electron chi connectivity index (χ4n) is 2.66. The quantitative estimate of drug-likeness (QED) is 0.764. The van der Waals surface area contributed by atoms with Crippen LogP contribution in [0.25, 0.3) is 0 Å². The molecule has 3 aliphatic carbocycles. The molecule has 0 aliphatic heterocycles. The highest BCUT2D eigenvalue weighted by atomic mass is 16.2. The first-order valence-corrected chi connectivity index (χ1v) is 7.15. The molecule has 1 atom stereocenters. The van der Waals surface area contributed by atoms with Gasteiger partial charge in [0.05, 0.1) is 5.54 Å². The van der Waals surface area contributed by atoms with Crippen molar-refractivity contribution in [1.82, 2.24) is 4.90 Å². The molecule has 3 fully saturated rings. The van der Waals surface area contributed by atoms with E-state index < -0.39 is 5.54 Å². The summed E-state index contributed by atoms with van der Waals surface area (Å²) < 4.78 is 0. The van der Waals surface area contributed by atoms with E-state index in [0.717, 1.165) is 37.8 Å². The maximum atomic E-state index is 12.6. The average molecular weight is 236 g/mol. The number of nitrogens with two attached hydrogens (primary N) is 1. The predicted molar refractivity (Wildman–Crippen MR) is 67.3 cm³/mol. The van der Waals surface area contributed by atoms with Crippen LogP contribution in [0.4, 0.5) is 0 Å². The number of amides is 1. The number of nitrogens with zero attached hydrogens (tertiary/aromatic N) is 1. The van der Waals surface area contributed by atoms with Crippen molar-refractivity contribution in [2.24, 2.45) is 23.5 Å². The van der Waals surface area contributed by atoms with Crippen LogP contribution in [0, 0.1) is 17.8 Å². The van der Waals surface area contributed by atoms with Gasteiger partial charge in [-0.25, -0.2) is 0 Å². The lowest BCUT2D eigenvalue weighted by atomic mass is 9.95. The van der Waals surface area contributed by atoms with Gasteiger partial charge in [0.15, 0.2) is 0 Å². The van der Waals surface area contributed by atoms with Crippen LogP contribution >= 0.6 is 0 Å². The van der Waals surface area contributed by atoms with E-state index in [2.05, 4.69) is 4.90 Å².